The van der Waals surface area contributed by atoms with Crippen LogP contribution in [0, 0.1) is 0 Å². The highest BCUT2D eigenvalue weighted by molar-refractivity contribution is 5.27. The van der Waals surface area contributed by atoms with Gasteiger partial charge in [-0.1, -0.05) is 12.1 Å². The first-order valence-electron chi connectivity index (χ1n) is 6.15. The summed E-state index contributed by atoms with van der Waals surface area (Å²) >= 11 is 0. The summed E-state index contributed by atoms with van der Waals surface area (Å²) in [5.41, 5.74) is 0.488. The number of hydrogen-bond donors (Lipinski definition) is 2. The van der Waals surface area contributed by atoms with Crippen LogP contribution in [0.3, 0.4) is 0 Å². The highest BCUT2D eigenvalue weighted by Crippen LogP contribution is 2.12. The molecule has 2 N–H and O–H groups in total. The molecule has 0 bridgehead atoms. The lowest BCUT2D eigenvalue weighted by Gasteiger charge is -2.17. The van der Waals surface area contributed by atoms with Crippen molar-refractivity contribution in [1.29, 1.82) is 0 Å². The Balaban J connectivity index is 2.31. The third-order valence-corrected chi connectivity index (χ3v) is 2.37. The predicted molar refractivity (Wildman–Crippen MR) is 71.8 cm³/mol. The van der Waals surface area contributed by atoms with Crippen molar-refractivity contribution in [2.75, 3.05) is 26.9 Å². The highest BCUT2D eigenvalue weighted by atomic mass is 16.5. The quantitative estimate of drug-likeness (QED) is 0.691. The topological polar surface area (TPSA) is 50.7 Å². The van der Waals surface area contributed by atoms with Crippen LogP contribution in [-0.2, 0) is 11.3 Å². The summed E-state index contributed by atoms with van der Waals surface area (Å²) in [7, 11) is 1.65. The largest absolute Gasteiger partial charge is 0.491 e. The smallest absolute Gasteiger partial charge is 0.119 e. The first-order chi connectivity index (χ1) is 8.51. The second-order valence-electron chi connectivity index (χ2n) is 4.90. The summed E-state index contributed by atoms with van der Waals surface area (Å²) in [4.78, 5) is 0. The molecule has 0 aliphatic carbocycles. The van der Waals surface area contributed by atoms with Gasteiger partial charge in [0.2, 0.25) is 0 Å². The molecule has 0 atom stereocenters. The number of aliphatic hydroxyl groups is 1. The zero-order valence-electron chi connectivity index (χ0n) is 11.4. The summed E-state index contributed by atoms with van der Waals surface area (Å²) < 4.78 is 10.4. The van der Waals surface area contributed by atoms with E-state index in [0.717, 1.165) is 12.3 Å². The van der Waals surface area contributed by atoms with Gasteiger partial charge in [0.1, 0.15) is 12.4 Å². The van der Waals surface area contributed by atoms with Gasteiger partial charge in [-0.05, 0) is 31.5 Å². The van der Waals surface area contributed by atoms with E-state index >= 15 is 0 Å². The second kappa shape index (κ2) is 7.36. The van der Waals surface area contributed by atoms with E-state index in [2.05, 4.69) is 5.32 Å². The Morgan fingerprint density at radius 3 is 2.39 bits per heavy atom. The van der Waals surface area contributed by atoms with Crippen molar-refractivity contribution in [3.8, 4) is 5.75 Å². The van der Waals surface area contributed by atoms with E-state index < -0.39 is 5.60 Å². The van der Waals surface area contributed by atoms with Gasteiger partial charge in [0.15, 0.2) is 0 Å². The first kappa shape index (κ1) is 15.0. The fourth-order valence-corrected chi connectivity index (χ4v) is 1.46. The molecule has 0 saturated heterocycles. The van der Waals surface area contributed by atoms with Crippen LogP contribution in [0.25, 0.3) is 0 Å². The summed E-state index contributed by atoms with van der Waals surface area (Å²) in [5, 5.41) is 12.8. The third kappa shape index (κ3) is 6.59. The maximum Gasteiger partial charge on any atom is 0.119 e. The SMILES string of the molecule is COCCOc1ccc(CNCC(C)(C)O)cc1. The van der Waals surface area contributed by atoms with Crippen LogP contribution >= 0.6 is 0 Å². The molecule has 18 heavy (non-hydrogen) atoms. The van der Waals surface area contributed by atoms with Crippen LogP contribution in [0.1, 0.15) is 19.4 Å². The van der Waals surface area contributed by atoms with Crippen molar-refractivity contribution in [3.63, 3.8) is 0 Å². The molecular formula is C14H23NO3. The second-order valence-corrected chi connectivity index (χ2v) is 4.90. The van der Waals surface area contributed by atoms with Crippen molar-refractivity contribution in [1.82, 2.24) is 5.32 Å². The Hall–Kier alpha value is -1.10. The van der Waals surface area contributed by atoms with Crippen molar-refractivity contribution in [2.24, 2.45) is 0 Å². The van der Waals surface area contributed by atoms with Gasteiger partial charge in [-0.3, -0.25) is 0 Å². The lowest BCUT2D eigenvalue weighted by atomic mass is 10.1. The lowest BCUT2D eigenvalue weighted by Crippen LogP contribution is -2.34. The van der Waals surface area contributed by atoms with Gasteiger partial charge in [-0.15, -0.1) is 0 Å². The molecule has 1 aromatic carbocycles. The normalized spacial score (nSPS) is 11.6. The number of benzene rings is 1. The summed E-state index contributed by atoms with van der Waals surface area (Å²) in [6.07, 6.45) is 0. The van der Waals surface area contributed by atoms with Crippen LogP contribution in [0.5, 0.6) is 5.75 Å². The molecule has 4 nitrogen and oxygen atoms in total. The molecule has 0 radical (unpaired) electrons. The van der Waals surface area contributed by atoms with E-state index in [-0.39, 0.29) is 0 Å². The molecule has 0 amide bonds. The van der Waals surface area contributed by atoms with E-state index in [9.17, 15) is 5.11 Å². The number of hydrogen-bond acceptors (Lipinski definition) is 4. The monoisotopic (exact) mass is 253 g/mol. The van der Waals surface area contributed by atoms with E-state index in [0.29, 0.717) is 19.8 Å². The molecule has 1 rings (SSSR count). The maximum absolute atomic E-state index is 9.57. The summed E-state index contributed by atoms with van der Waals surface area (Å²) in [6.45, 7) is 6.03. The predicted octanol–water partition coefficient (Wildman–Crippen LogP) is 1.57. The summed E-state index contributed by atoms with van der Waals surface area (Å²) in [5.74, 6) is 0.846. The summed E-state index contributed by atoms with van der Waals surface area (Å²) in [6, 6.07) is 7.91. The molecular weight excluding hydrogens is 230 g/mol. The van der Waals surface area contributed by atoms with Crippen LogP contribution < -0.4 is 10.1 Å². The maximum atomic E-state index is 9.57. The van der Waals surface area contributed by atoms with E-state index in [1.54, 1.807) is 21.0 Å². The molecule has 0 unspecified atom stereocenters. The minimum absolute atomic E-state index is 0.562. The molecule has 102 valence electrons. The minimum Gasteiger partial charge on any atom is -0.491 e. The highest BCUT2D eigenvalue weighted by Gasteiger charge is 2.10. The average Bonchev–Trinajstić information content (AvgIpc) is 2.30. The van der Waals surface area contributed by atoms with Crippen LogP contribution in [0.4, 0.5) is 0 Å². The molecule has 0 aliphatic heterocycles. The van der Waals surface area contributed by atoms with Crippen molar-refractivity contribution >= 4 is 0 Å². The van der Waals surface area contributed by atoms with Crippen LogP contribution in [0.2, 0.25) is 0 Å². The fraction of sp³-hybridized carbons (Fsp3) is 0.571. The van der Waals surface area contributed by atoms with Crippen molar-refractivity contribution in [2.45, 2.75) is 26.0 Å². The number of nitrogens with one attached hydrogen (secondary N) is 1. The molecule has 0 saturated carbocycles. The van der Waals surface area contributed by atoms with Gasteiger partial charge < -0.3 is 19.9 Å². The van der Waals surface area contributed by atoms with Crippen LogP contribution in [-0.4, -0.2) is 37.6 Å². The molecule has 0 heterocycles. The van der Waals surface area contributed by atoms with Gasteiger partial charge in [0.25, 0.3) is 0 Å². The van der Waals surface area contributed by atoms with Gasteiger partial charge in [0, 0.05) is 20.2 Å². The van der Waals surface area contributed by atoms with Crippen molar-refractivity contribution in [3.05, 3.63) is 29.8 Å². The Morgan fingerprint density at radius 1 is 1.17 bits per heavy atom. The molecule has 4 heteroatoms. The standard InChI is InChI=1S/C14H23NO3/c1-14(2,16)11-15-10-12-4-6-13(7-5-12)18-9-8-17-3/h4-7,15-16H,8-11H2,1-3H3. The Bertz CT molecular complexity index is 330. The third-order valence-electron chi connectivity index (χ3n) is 2.37. The van der Waals surface area contributed by atoms with Gasteiger partial charge in [-0.25, -0.2) is 0 Å². The van der Waals surface area contributed by atoms with E-state index in [1.807, 2.05) is 24.3 Å². The van der Waals surface area contributed by atoms with Gasteiger partial charge >= 0.3 is 0 Å². The molecule has 1 aromatic rings. The zero-order chi connectivity index (χ0) is 13.4. The van der Waals surface area contributed by atoms with Crippen molar-refractivity contribution < 1.29 is 14.6 Å². The number of ether oxygens (including phenoxy) is 2. The average molecular weight is 253 g/mol. The van der Waals surface area contributed by atoms with Gasteiger partial charge in [0.05, 0.1) is 12.2 Å². The Morgan fingerprint density at radius 2 is 1.83 bits per heavy atom. The van der Waals surface area contributed by atoms with Gasteiger partial charge in [-0.2, -0.15) is 0 Å². The molecule has 0 fully saturated rings. The van der Waals surface area contributed by atoms with E-state index in [1.165, 1.54) is 5.56 Å². The van der Waals surface area contributed by atoms with E-state index in [4.69, 9.17) is 9.47 Å². The van der Waals surface area contributed by atoms with Crippen LogP contribution in [0.15, 0.2) is 24.3 Å². The Kier molecular flexibility index (Phi) is 6.12. The fourth-order valence-electron chi connectivity index (χ4n) is 1.46. The Labute approximate surface area is 109 Å². The minimum atomic E-state index is -0.677. The first-order valence-corrected chi connectivity index (χ1v) is 6.15. The number of methoxy groups -OCH3 is 1. The zero-order valence-corrected chi connectivity index (χ0v) is 11.4. The number of rotatable bonds is 8. The molecule has 0 spiro atoms. The lowest BCUT2D eigenvalue weighted by molar-refractivity contribution is 0.0795. The molecule has 0 aliphatic rings. The molecule has 0 aromatic heterocycles.